The summed E-state index contributed by atoms with van der Waals surface area (Å²) < 4.78 is 0. The van der Waals surface area contributed by atoms with E-state index in [1.54, 1.807) is 24.1 Å². The highest BCUT2D eigenvalue weighted by atomic mass is 35.5. The second kappa shape index (κ2) is 5.70. The zero-order chi connectivity index (χ0) is 14.0. The van der Waals surface area contributed by atoms with Crippen LogP contribution >= 0.6 is 23.2 Å². The molecular formula is C14H18Cl2N2O. The van der Waals surface area contributed by atoms with Crippen LogP contribution in [-0.4, -0.2) is 23.4 Å². The monoisotopic (exact) mass is 300 g/mol. The van der Waals surface area contributed by atoms with Crippen molar-refractivity contribution >= 4 is 29.1 Å². The minimum atomic E-state index is -0.275. The molecule has 1 fully saturated rings. The van der Waals surface area contributed by atoms with Gasteiger partial charge in [0.05, 0.1) is 10.0 Å². The number of halogens is 2. The minimum Gasteiger partial charge on any atom is -0.341 e. The molecule has 0 atom stereocenters. The van der Waals surface area contributed by atoms with E-state index in [-0.39, 0.29) is 11.4 Å². The molecule has 3 nitrogen and oxygen atoms in total. The Bertz CT molecular complexity index is 486. The van der Waals surface area contributed by atoms with Crippen molar-refractivity contribution < 1.29 is 4.79 Å². The van der Waals surface area contributed by atoms with Crippen LogP contribution in [0.2, 0.25) is 10.0 Å². The molecule has 0 saturated heterocycles. The molecule has 0 bridgehead atoms. The summed E-state index contributed by atoms with van der Waals surface area (Å²) in [5.74, 6) is 0.0771. The highest BCUT2D eigenvalue weighted by molar-refractivity contribution is 6.42. The molecule has 0 aromatic heterocycles. The van der Waals surface area contributed by atoms with Gasteiger partial charge in [-0.1, -0.05) is 29.3 Å². The summed E-state index contributed by atoms with van der Waals surface area (Å²) in [5.41, 5.74) is 6.78. The van der Waals surface area contributed by atoms with Crippen LogP contribution in [0.4, 0.5) is 0 Å². The maximum absolute atomic E-state index is 12.1. The van der Waals surface area contributed by atoms with Crippen LogP contribution in [0.15, 0.2) is 18.2 Å². The summed E-state index contributed by atoms with van der Waals surface area (Å²) in [6.07, 6.45) is 3.43. The van der Waals surface area contributed by atoms with Crippen LogP contribution in [0.25, 0.3) is 0 Å². The molecule has 2 N–H and O–H groups in total. The summed E-state index contributed by atoms with van der Waals surface area (Å²) >= 11 is 11.8. The Balaban J connectivity index is 1.94. The number of carbonyl (C=O) groups excluding carboxylic acids is 1. The second-order valence-corrected chi connectivity index (χ2v) is 6.21. The van der Waals surface area contributed by atoms with Crippen molar-refractivity contribution in [2.24, 2.45) is 5.73 Å². The highest BCUT2D eigenvalue weighted by Crippen LogP contribution is 2.32. The molecule has 19 heavy (non-hydrogen) atoms. The van der Waals surface area contributed by atoms with E-state index in [0.29, 0.717) is 23.0 Å². The third kappa shape index (κ3) is 3.62. The Kier molecular flexibility index (Phi) is 4.39. The van der Waals surface area contributed by atoms with E-state index in [0.717, 1.165) is 24.8 Å². The number of nitrogens with two attached hydrogens (primary N) is 1. The molecular weight excluding hydrogens is 283 g/mol. The zero-order valence-corrected chi connectivity index (χ0v) is 12.5. The summed E-state index contributed by atoms with van der Waals surface area (Å²) in [5, 5.41) is 1.03. The lowest BCUT2D eigenvalue weighted by Gasteiger charge is -2.38. The fraction of sp³-hybridized carbons (Fsp3) is 0.500. The van der Waals surface area contributed by atoms with E-state index in [4.69, 9.17) is 28.9 Å². The van der Waals surface area contributed by atoms with Gasteiger partial charge in [0.15, 0.2) is 0 Å². The van der Waals surface area contributed by atoms with Gasteiger partial charge in [0, 0.05) is 25.6 Å². The van der Waals surface area contributed by atoms with Crippen molar-refractivity contribution in [3.8, 4) is 0 Å². The van der Waals surface area contributed by atoms with Gasteiger partial charge in [-0.05, 0) is 37.0 Å². The van der Waals surface area contributed by atoms with Gasteiger partial charge in [0.25, 0.3) is 0 Å². The van der Waals surface area contributed by atoms with Crippen molar-refractivity contribution in [1.29, 1.82) is 0 Å². The van der Waals surface area contributed by atoms with E-state index in [1.165, 1.54) is 0 Å². The number of hydrogen-bond donors (Lipinski definition) is 1. The summed E-state index contributed by atoms with van der Waals surface area (Å²) in [6, 6.07) is 5.41. The van der Waals surface area contributed by atoms with Crippen LogP contribution in [0, 0.1) is 0 Å². The molecule has 1 aromatic carbocycles. The van der Waals surface area contributed by atoms with Crippen molar-refractivity contribution in [3.05, 3.63) is 33.8 Å². The average molecular weight is 301 g/mol. The molecule has 2 rings (SSSR count). The lowest BCUT2D eigenvalue weighted by molar-refractivity contribution is -0.132. The lowest BCUT2D eigenvalue weighted by Crippen LogP contribution is -2.50. The fourth-order valence-corrected chi connectivity index (χ4v) is 2.56. The second-order valence-electron chi connectivity index (χ2n) is 5.39. The molecule has 1 aliphatic rings. The number of benzene rings is 1. The van der Waals surface area contributed by atoms with Gasteiger partial charge >= 0.3 is 0 Å². The average Bonchev–Trinajstić information content (AvgIpc) is 2.31. The summed E-state index contributed by atoms with van der Waals surface area (Å²) in [6.45, 7) is 0.520. The topological polar surface area (TPSA) is 46.3 Å². The number of carbonyl (C=O) groups is 1. The molecule has 0 aliphatic heterocycles. The molecule has 1 aromatic rings. The van der Waals surface area contributed by atoms with Crippen molar-refractivity contribution in [3.63, 3.8) is 0 Å². The quantitative estimate of drug-likeness (QED) is 0.928. The first-order valence-electron chi connectivity index (χ1n) is 6.36. The number of hydrogen-bond acceptors (Lipinski definition) is 2. The van der Waals surface area contributed by atoms with Gasteiger partial charge in [-0.25, -0.2) is 0 Å². The van der Waals surface area contributed by atoms with Crippen molar-refractivity contribution in [2.75, 3.05) is 7.05 Å². The van der Waals surface area contributed by atoms with Gasteiger partial charge in [-0.15, -0.1) is 0 Å². The Labute approximate surface area is 123 Å². The standard InChI is InChI=1S/C14H18Cl2N2O/c1-18(13(19)8-14(17)5-2-6-14)9-10-3-4-11(15)12(16)7-10/h3-4,7H,2,5-6,8-9,17H2,1H3. The predicted molar refractivity (Wildman–Crippen MR) is 78.3 cm³/mol. The first-order valence-corrected chi connectivity index (χ1v) is 7.12. The molecule has 0 unspecified atom stereocenters. The molecule has 0 heterocycles. The van der Waals surface area contributed by atoms with Crippen LogP contribution in [-0.2, 0) is 11.3 Å². The zero-order valence-electron chi connectivity index (χ0n) is 11.0. The fourth-order valence-electron chi connectivity index (χ4n) is 2.24. The smallest absolute Gasteiger partial charge is 0.224 e. The molecule has 1 saturated carbocycles. The van der Waals surface area contributed by atoms with Gasteiger partial charge in [-0.2, -0.15) is 0 Å². The van der Waals surface area contributed by atoms with Crippen LogP contribution < -0.4 is 5.73 Å². The van der Waals surface area contributed by atoms with Gasteiger partial charge < -0.3 is 10.6 Å². The Morgan fingerprint density at radius 1 is 1.37 bits per heavy atom. The van der Waals surface area contributed by atoms with E-state index >= 15 is 0 Å². The van der Waals surface area contributed by atoms with Crippen molar-refractivity contribution in [2.45, 2.75) is 37.8 Å². The maximum atomic E-state index is 12.1. The van der Waals surface area contributed by atoms with Gasteiger partial charge in [0.1, 0.15) is 0 Å². The number of amides is 1. The summed E-state index contributed by atoms with van der Waals surface area (Å²) in [7, 11) is 1.78. The normalized spacial score (nSPS) is 16.8. The Hall–Kier alpha value is -0.770. The molecule has 1 aliphatic carbocycles. The van der Waals surface area contributed by atoms with Crippen LogP contribution in [0.1, 0.15) is 31.2 Å². The molecule has 5 heteroatoms. The molecule has 0 radical (unpaired) electrons. The first-order chi connectivity index (χ1) is 8.89. The van der Waals surface area contributed by atoms with Gasteiger partial charge in [0.2, 0.25) is 5.91 Å². The van der Waals surface area contributed by atoms with E-state index < -0.39 is 0 Å². The third-order valence-corrected chi connectivity index (χ3v) is 4.42. The van der Waals surface area contributed by atoms with E-state index in [1.807, 2.05) is 6.07 Å². The Morgan fingerprint density at radius 3 is 2.58 bits per heavy atom. The molecule has 1 amide bonds. The highest BCUT2D eigenvalue weighted by Gasteiger charge is 2.35. The van der Waals surface area contributed by atoms with E-state index in [2.05, 4.69) is 0 Å². The number of nitrogens with zero attached hydrogens (tertiary/aromatic N) is 1. The predicted octanol–water partition coefficient (Wildman–Crippen LogP) is 3.22. The van der Waals surface area contributed by atoms with Crippen LogP contribution in [0.3, 0.4) is 0 Å². The van der Waals surface area contributed by atoms with Crippen molar-refractivity contribution in [1.82, 2.24) is 4.90 Å². The SMILES string of the molecule is CN(Cc1ccc(Cl)c(Cl)c1)C(=O)CC1(N)CCC1. The third-order valence-electron chi connectivity index (χ3n) is 3.68. The summed E-state index contributed by atoms with van der Waals surface area (Å²) in [4.78, 5) is 13.8. The maximum Gasteiger partial charge on any atom is 0.224 e. The first kappa shape index (κ1) is 14.6. The molecule has 104 valence electrons. The largest absolute Gasteiger partial charge is 0.341 e. The van der Waals surface area contributed by atoms with Gasteiger partial charge in [-0.3, -0.25) is 4.79 Å². The number of rotatable bonds is 4. The minimum absolute atomic E-state index is 0.0771. The Morgan fingerprint density at radius 2 is 2.05 bits per heavy atom. The lowest BCUT2D eigenvalue weighted by atomic mass is 9.75. The molecule has 0 spiro atoms. The van der Waals surface area contributed by atoms with E-state index in [9.17, 15) is 4.79 Å². The van der Waals surface area contributed by atoms with Crippen LogP contribution in [0.5, 0.6) is 0 Å².